The first-order valence-electron chi connectivity index (χ1n) is 12.0. The monoisotopic (exact) mass is 682 g/mol. The summed E-state index contributed by atoms with van der Waals surface area (Å²) in [7, 11) is 0. The maximum atomic E-state index is 14.0. The number of nitrogens with one attached hydrogen (secondary N) is 1. The van der Waals surface area contributed by atoms with E-state index in [0.29, 0.717) is 10.4 Å². The highest BCUT2D eigenvalue weighted by molar-refractivity contribution is 14.1. The zero-order valence-electron chi connectivity index (χ0n) is 20.1. The normalized spacial score (nSPS) is 28.5. The van der Waals surface area contributed by atoms with Crippen LogP contribution in [-0.2, 0) is 20.5 Å². The average molecular weight is 683 g/mol. The molecule has 5 rings (SSSR count). The van der Waals surface area contributed by atoms with Crippen LogP contribution in [0.15, 0.2) is 24.5 Å². The number of hydrogen-bond donors (Lipinski definition) is 1. The van der Waals surface area contributed by atoms with Crippen molar-refractivity contribution >= 4 is 63.1 Å². The van der Waals surface area contributed by atoms with Crippen LogP contribution in [0.2, 0.25) is 0 Å². The maximum Gasteiger partial charge on any atom is 0.451 e. The van der Waals surface area contributed by atoms with E-state index in [0.717, 1.165) is 49.4 Å². The van der Waals surface area contributed by atoms with Gasteiger partial charge in [-0.3, -0.25) is 14.4 Å². The van der Waals surface area contributed by atoms with Crippen molar-refractivity contribution in [2.45, 2.75) is 59.3 Å². The van der Waals surface area contributed by atoms with Gasteiger partial charge in [-0.2, -0.15) is 13.2 Å². The molecule has 1 aliphatic carbocycles. The summed E-state index contributed by atoms with van der Waals surface area (Å²) in [5.74, 6) is -2.44. The van der Waals surface area contributed by atoms with E-state index in [4.69, 9.17) is 16.3 Å². The summed E-state index contributed by atoms with van der Waals surface area (Å²) in [6.07, 6.45) is 0.824. The van der Waals surface area contributed by atoms with Crippen LogP contribution in [0.3, 0.4) is 0 Å². The van der Waals surface area contributed by atoms with Gasteiger partial charge in [-0.25, -0.2) is 9.97 Å². The van der Waals surface area contributed by atoms with Gasteiger partial charge in [0.1, 0.15) is 18.2 Å². The Morgan fingerprint density at radius 1 is 1.26 bits per heavy atom. The first-order chi connectivity index (χ1) is 17.9. The van der Waals surface area contributed by atoms with Crippen molar-refractivity contribution < 1.29 is 32.3 Å². The molecule has 1 N–H and O–H groups in total. The third-order valence-corrected chi connectivity index (χ3v) is 11.7. The fourth-order valence-corrected chi connectivity index (χ4v) is 7.65. The fourth-order valence-electron chi connectivity index (χ4n) is 5.41. The number of thiophene rings is 1. The highest BCUT2D eigenvalue weighted by Gasteiger charge is 2.70. The minimum atomic E-state index is -4.65. The van der Waals surface area contributed by atoms with E-state index in [-0.39, 0.29) is 35.6 Å². The van der Waals surface area contributed by atoms with Crippen molar-refractivity contribution in [1.29, 1.82) is 0 Å². The predicted molar refractivity (Wildman–Crippen MR) is 141 cm³/mol. The molecule has 8 nitrogen and oxygen atoms in total. The second-order valence-electron chi connectivity index (χ2n) is 9.80. The Morgan fingerprint density at radius 2 is 1.92 bits per heavy atom. The zero-order valence-corrected chi connectivity index (χ0v) is 23.8. The summed E-state index contributed by atoms with van der Waals surface area (Å²) in [5, 5.41) is 2.29. The molecule has 0 unspecified atom stereocenters. The fraction of sp³-hybridized carbons (Fsp3) is 0.542. The number of nitrogens with zero attached hydrogens (tertiary/aromatic N) is 3. The third-order valence-electron chi connectivity index (χ3n) is 7.62. The minimum absolute atomic E-state index is 0.104. The van der Waals surface area contributed by atoms with Crippen molar-refractivity contribution in [2.75, 3.05) is 13.2 Å². The molecule has 0 bridgehead atoms. The molecule has 0 spiro atoms. The Kier molecular flexibility index (Phi) is 7.27. The number of aromatic nitrogens is 2. The van der Waals surface area contributed by atoms with Gasteiger partial charge in [0.25, 0.3) is 5.91 Å². The van der Waals surface area contributed by atoms with Crippen LogP contribution in [0.4, 0.5) is 13.2 Å². The van der Waals surface area contributed by atoms with Crippen molar-refractivity contribution in [3.63, 3.8) is 0 Å². The number of carbonyl (C=O) groups is 3. The number of halogens is 5. The van der Waals surface area contributed by atoms with E-state index in [9.17, 15) is 27.6 Å². The number of carbonyl (C=O) groups excluding carboxylic acids is 3. The molecular formula is C24H23ClF3IN4O4S. The van der Waals surface area contributed by atoms with Gasteiger partial charge < -0.3 is 15.0 Å². The van der Waals surface area contributed by atoms with Crippen molar-refractivity contribution in [1.82, 2.24) is 20.2 Å². The molecule has 14 heteroatoms. The molecule has 3 aliphatic rings. The number of likely N-dealkylation sites (tertiary alicyclic amines) is 1. The van der Waals surface area contributed by atoms with Crippen LogP contribution >= 0.6 is 45.5 Å². The van der Waals surface area contributed by atoms with Crippen LogP contribution in [0, 0.1) is 5.92 Å². The topological polar surface area (TPSA) is 101 Å². The number of ketones is 1. The van der Waals surface area contributed by atoms with Gasteiger partial charge in [0, 0.05) is 29.4 Å². The summed E-state index contributed by atoms with van der Waals surface area (Å²) < 4.78 is 43.0. The quantitative estimate of drug-likeness (QED) is 0.370. The number of ether oxygens (including phenoxy) is 1. The van der Waals surface area contributed by atoms with Crippen LogP contribution in [0.5, 0.6) is 0 Å². The summed E-state index contributed by atoms with van der Waals surface area (Å²) >= 11 is 9.65. The molecule has 2 aliphatic heterocycles. The lowest BCUT2D eigenvalue weighted by Gasteiger charge is -2.38. The van der Waals surface area contributed by atoms with Crippen molar-refractivity contribution in [2.24, 2.45) is 5.92 Å². The molecule has 204 valence electrons. The van der Waals surface area contributed by atoms with E-state index in [1.54, 1.807) is 19.1 Å². The lowest BCUT2D eigenvalue weighted by molar-refractivity contribution is -0.145. The molecule has 2 aromatic heterocycles. The number of amides is 2. The van der Waals surface area contributed by atoms with Gasteiger partial charge in [0.2, 0.25) is 11.7 Å². The molecule has 38 heavy (non-hydrogen) atoms. The molecule has 3 fully saturated rings. The summed E-state index contributed by atoms with van der Waals surface area (Å²) in [4.78, 5) is 49.1. The SMILES string of the molecule is C[C@@]12C(=O)CO[C@]1(I)[C@@H](Cl)CN2C(=O)[C@@H](NC(=O)c1ccc(-c2cnc(C(F)(F)F)nc2)s1)C1CCCC1. The van der Waals surface area contributed by atoms with Gasteiger partial charge in [-0.15, -0.1) is 22.9 Å². The standard InChI is InChI=1S/C24H23ClF3IN4O4S/c1-22-17(34)11-37-23(22,29)16(25)10-33(22)20(36)18(12-4-2-3-5-12)32-19(35)15-7-6-14(38-15)13-8-30-21(31-9-13)24(26,27)28/h6-9,12,16,18H,2-5,10-11H2,1H3,(H,32,35)/t16-,18-,22+,23+/m0/s1. The zero-order chi connectivity index (χ0) is 27.5. The van der Waals surface area contributed by atoms with Crippen LogP contribution in [0.25, 0.3) is 10.4 Å². The van der Waals surface area contributed by atoms with Crippen molar-refractivity contribution in [3.05, 3.63) is 35.2 Å². The Balaban J connectivity index is 1.37. The second kappa shape index (κ2) is 9.97. The minimum Gasteiger partial charge on any atom is -0.352 e. The first-order valence-corrected chi connectivity index (χ1v) is 14.3. The van der Waals surface area contributed by atoms with Gasteiger partial charge in [0.15, 0.2) is 9.39 Å². The molecule has 4 heterocycles. The van der Waals surface area contributed by atoms with Gasteiger partial charge >= 0.3 is 6.18 Å². The van der Waals surface area contributed by atoms with Crippen LogP contribution in [-0.4, -0.2) is 66.2 Å². The highest BCUT2D eigenvalue weighted by Crippen LogP contribution is 2.53. The molecule has 2 aromatic rings. The third kappa shape index (κ3) is 4.52. The molecule has 0 aromatic carbocycles. The average Bonchev–Trinajstić information content (AvgIpc) is 3.66. The number of rotatable bonds is 5. The molecule has 0 radical (unpaired) electrons. The van der Waals surface area contributed by atoms with E-state index < -0.39 is 38.5 Å². The van der Waals surface area contributed by atoms with Crippen LogP contribution < -0.4 is 5.32 Å². The summed E-state index contributed by atoms with van der Waals surface area (Å²) in [5.41, 5.74) is -0.918. The van der Waals surface area contributed by atoms with Crippen LogP contribution in [0.1, 0.15) is 48.1 Å². The van der Waals surface area contributed by atoms with Gasteiger partial charge in [0.05, 0.1) is 10.3 Å². The highest BCUT2D eigenvalue weighted by atomic mass is 127. The second-order valence-corrected chi connectivity index (χ2v) is 13.0. The molecular weight excluding hydrogens is 660 g/mol. The van der Waals surface area contributed by atoms with Gasteiger partial charge in [-0.1, -0.05) is 12.8 Å². The first kappa shape index (κ1) is 27.7. The van der Waals surface area contributed by atoms with E-state index in [2.05, 4.69) is 15.3 Å². The Hall–Kier alpha value is -1.84. The lowest BCUT2D eigenvalue weighted by atomic mass is 9.90. The Labute approximate surface area is 238 Å². The predicted octanol–water partition coefficient (Wildman–Crippen LogP) is 4.45. The van der Waals surface area contributed by atoms with Gasteiger partial charge in [-0.05, 0) is 60.4 Å². The lowest BCUT2D eigenvalue weighted by Crippen LogP contribution is -2.61. The smallest absolute Gasteiger partial charge is 0.352 e. The number of fused-ring (bicyclic) bond motifs is 1. The molecule has 2 saturated heterocycles. The van der Waals surface area contributed by atoms with E-state index in [1.165, 1.54) is 4.90 Å². The summed E-state index contributed by atoms with van der Waals surface area (Å²) in [6, 6.07) is 2.27. The number of alkyl halides is 5. The summed E-state index contributed by atoms with van der Waals surface area (Å²) in [6.45, 7) is 1.64. The number of Topliss-reactive ketones (excluding diaryl/α,β-unsaturated/α-hetero) is 1. The maximum absolute atomic E-state index is 14.0. The molecule has 1 saturated carbocycles. The van der Waals surface area contributed by atoms with Crippen molar-refractivity contribution in [3.8, 4) is 10.4 Å². The molecule has 2 amide bonds. The Bertz CT molecular complexity index is 1270. The molecule has 4 atom stereocenters. The number of hydrogen-bond acceptors (Lipinski definition) is 7. The van der Waals surface area contributed by atoms with E-state index in [1.807, 2.05) is 22.6 Å². The largest absolute Gasteiger partial charge is 0.451 e. The Morgan fingerprint density at radius 3 is 2.55 bits per heavy atom. The van der Waals surface area contributed by atoms with E-state index >= 15 is 0 Å².